The molecule has 3 rings (SSSR count). The van der Waals surface area contributed by atoms with Crippen LogP contribution in [-0.2, 0) is 6.42 Å². The Kier molecular flexibility index (Phi) is 4.96. The highest BCUT2D eigenvalue weighted by atomic mass is 32.1. The maximum absolute atomic E-state index is 13.7. The highest BCUT2D eigenvalue weighted by Crippen LogP contribution is 2.26. The van der Waals surface area contributed by atoms with Crippen molar-refractivity contribution in [3.8, 4) is 10.6 Å². The van der Waals surface area contributed by atoms with Gasteiger partial charge in [0.25, 0.3) is 5.91 Å². The lowest BCUT2D eigenvalue weighted by atomic mass is 10.2. The molecule has 3 aromatic rings. The molecule has 0 saturated carbocycles. The molecular formula is C18H14F2N2OS. The van der Waals surface area contributed by atoms with E-state index >= 15 is 0 Å². The summed E-state index contributed by atoms with van der Waals surface area (Å²) in [6.45, 7) is 0.399. The molecule has 0 fully saturated rings. The Morgan fingerprint density at radius 3 is 2.58 bits per heavy atom. The van der Waals surface area contributed by atoms with Crippen molar-refractivity contribution in [1.29, 1.82) is 0 Å². The number of thiazole rings is 1. The quantitative estimate of drug-likeness (QED) is 0.758. The summed E-state index contributed by atoms with van der Waals surface area (Å²) >= 11 is 1.37. The molecule has 0 radical (unpaired) electrons. The Hall–Kier alpha value is -2.60. The number of carbonyl (C=O) groups excluding carboxylic acids is 1. The standard InChI is InChI=1S/C18H14F2N2OS/c19-13-7-5-12(6-8-13)17(23)21-10-9-14-11-24-18(22-14)15-3-1-2-4-16(15)20/h1-8,11H,9-10H2,(H,21,23). The summed E-state index contributed by atoms with van der Waals surface area (Å²) in [5, 5.41) is 5.23. The number of halogens is 2. The van der Waals surface area contributed by atoms with Crippen molar-refractivity contribution >= 4 is 17.2 Å². The maximum atomic E-state index is 13.7. The molecule has 24 heavy (non-hydrogen) atoms. The van der Waals surface area contributed by atoms with Crippen LogP contribution in [0.15, 0.2) is 53.9 Å². The van der Waals surface area contributed by atoms with E-state index in [1.165, 1.54) is 41.7 Å². The van der Waals surface area contributed by atoms with E-state index in [2.05, 4.69) is 10.3 Å². The van der Waals surface area contributed by atoms with Crippen LogP contribution >= 0.6 is 11.3 Å². The van der Waals surface area contributed by atoms with Gasteiger partial charge in [-0.15, -0.1) is 11.3 Å². The Morgan fingerprint density at radius 1 is 1.08 bits per heavy atom. The van der Waals surface area contributed by atoms with Crippen LogP contribution in [0, 0.1) is 11.6 Å². The predicted molar refractivity (Wildman–Crippen MR) is 89.9 cm³/mol. The van der Waals surface area contributed by atoms with Gasteiger partial charge in [0.15, 0.2) is 0 Å². The highest BCUT2D eigenvalue weighted by molar-refractivity contribution is 7.13. The van der Waals surface area contributed by atoms with Crippen LogP contribution in [0.2, 0.25) is 0 Å². The van der Waals surface area contributed by atoms with Crippen LogP contribution in [-0.4, -0.2) is 17.4 Å². The zero-order chi connectivity index (χ0) is 16.9. The zero-order valence-corrected chi connectivity index (χ0v) is 13.4. The Morgan fingerprint density at radius 2 is 1.83 bits per heavy atom. The molecule has 0 unspecified atom stereocenters. The van der Waals surface area contributed by atoms with Gasteiger partial charge < -0.3 is 5.32 Å². The van der Waals surface area contributed by atoms with E-state index < -0.39 is 0 Å². The van der Waals surface area contributed by atoms with Gasteiger partial charge in [0.2, 0.25) is 0 Å². The van der Waals surface area contributed by atoms with Gasteiger partial charge in [-0.2, -0.15) is 0 Å². The van der Waals surface area contributed by atoms with Crippen molar-refractivity contribution in [1.82, 2.24) is 10.3 Å². The van der Waals surface area contributed by atoms with Crippen LogP contribution in [0.5, 0.6) is 0 Å². The molecule has 6 heteroatoms. The third-order valence-electron chi connectivity index (χ3n) is 3.43. The molecular weight excluding hydrogens is 330 g/mol. The highest BCUT2D eigenvalue weighted by Gasteiger charge is 2.10. The Balaban J connectivity index is 1.57. The van der Waals surface area contributed by atoms with Crippen molar-refractivity contribution < 1.29 is 13.6 Å². The number of hydrogen-bond acceptors (Lipinski definition) is 3. The molecule has 0 spiro atoms. The summed E-state index contributed by atoms with van der Waals surface area (Å²) in [7, 11) is 0. The molecule has 122 valence electrons. The van der Waals surface area contributed by atoms with Crippen molar-refractivity contribution in [2.45, 2.75) is 6.42 Å². The third kappa shape index (κ3) is 3.83. The second-order valence-corrected chi connectivity index (χ2v) is 5.99. The molecule has 1 amide bonds. The average molecular weight is 344 g/mol. The number of aromatic nitrogens is 1. The molecule has 1 heterocycles. The fourth-order valence-corrected chi connectivity index (χ4v) is 3.07. The molecule has 0 saturated heterocycles. The number of carbonyl (C=O) groups is 1. The molecule has 0 aliphatic heterocycles. The van der Waals surface area contributed by atoms with Gasteiger partial charge in [-0.25, -0.2) is 13.8 Å². The normalized spacial score (nSPS) is 10.6. The SMILES string of the molecule is O=C(NCCc1csc(-c2ccccc2F)n1)c1ccc(F)cc1. The van der Waals surface area contributed by atoms with Crippen molar-refractivity contribution in [2.24, 2.45) is 0 Å². The van der Waals surface area contributed by atoms with Crippen molar-refractivity contribution in [3.05, 3.63) is 76.8 Å². The molecule has 0 atom stereocenters. The van der Waals surface area contributed by atoms with E-state index in [0.717, 1.165) is 5.69 Å². The molecule has 3 nitrogen and oxygen atoms in total. The van der Waals surface area contributed by atoms with Gasteiger partial charge in [-0.05, 0) is 36.4 Å². The Labute approximate surface area is 142 Å². The van der Waals surface area contributed by atoms with Crippen LogP contribution in [0.1, 0.15) is 16.1 Å². The fourth-order valence-electron chi connectivity index (χ4n) is 2.19. The molecule has 0 aliphatic carbocycles. The topological polar surface area (TPSA) is 42.0 Å². The lowest BCUT2D eigenvalue weighted by Crippen LogP contribution is -2.25. The first-order chi connectivity index (χ1) is 11.6. The van der Waals surface area contributed by atoms with Crippen LogP contribution in [0.3, 0.4) is 0 Å². The van der Waals surface area contributed by atoms with E-state index in [0.29, 0.717) is 29.1 Å². The minimum Gasteiger partial charge on any atom is -0.352 e. The molecule has 0 aliphatic rings. The number of benzene rings is 2. The maximum Gasteiger partial charge on any atom is 0.251 e. The monoisotopic (exact) mass is 344 g/mol. The first kappa shape index (κ1) is 16.3. The minimum absolute atomic E-state index is 0.264. The first-order valence-electron chi connectivity index (χ1n) is 7.36. The second kappa shape index (κ2) is 7.31. The number of rotatable bonds is 5. The summed E-state index contributed by atoms with van der Waals surface area (Å²) in [6.07, 6.45) is 0.540. The summed E-state index contributed by atoms with van der Waals surface area (Å²) in [5.74, 6) is -0.947. The largest absolute Gasteiger partial charge is 0.352 e. The third-order valence-corrected chi connectivity index (χ3v) is 4.35. The lowest BCUT2D eigenvalue weighted by molar-refractivity contribution is 0.0954. The number of amides is 1. The second-order valence-electron chi connectivity index (χ2n) is 5.14. The van der Waals surface area contributed by atoms with Gasteiger partial charge >= 0.3 is 0 Å². The summed E-state index contributed by atoms with van der Waals surface area (Å²) in [5.41, 5.74) is 1.67. The molecule has 2 aromatic carbocycles. The summed E-state index contributed by atoms with van der Waals surface area (Å²) in [6, 6.07) is 11.9. The van der Waals surface area contributed by atoms with Gasteiger partial charge in [-0.3, -0.25) is 4.79 Å². The van der Waals surface area contributed by atoms with Crippen LogP contribution < -0.4 is 5.32 Å². The molecule has 1 aromatic heterocycles. The predicted octanol–water partition coefficient (Wildman–Crippen LogP) is 4.06. The van der Waals surface area contributed by atoms with E-state index in [1.807, 2.05) is 5.38 Å². The van der Waals surface area contributed by atoms with Gasteiger partial charge in [0.05, 0.1) is 5.69 Å². The average Bonchev–Trinajstić information content (AvgIpc) is 3.04. The number of nitrogens with zero attached hydrogens (tertiary/aromatic N) is 1. The van der Waals surface area contributed by atoms with E-state index in [1.54, 1.807) is 18.2 Å². The van der Waals surface area contributed by atoms with Crippen molar-refractivity contribution in [3.63, 3.8) is 0 Å². The van der Waals surface area contributed by atoms with Crippen LogP contribution in [0.25, 0.3) is 10.6 Å². The van der Waals surface area contributed by atoms with E-state index in [9.17, 15) is 13.6 Å². The lowest BCUT2D eigenvalue weighted by Gasteiger charge is -2.04. The van der Waals surface area contributed by atoms with E-state index in [4.69, 9.17) is 0 Å². The first-order valence-corrected chi connectivity index (χ1v) is 8.24. The Bertz CT molecular complexity index is 846. The van der Waals surface area contributed by atoms with Crippen LogP contribution in [0.4, 0.5) is 8.78 Å². The van der Waals surface area contributed by atoms with E-state index in [-0.39, 0.29) is 17.5 Å². The number of hydrogen-bond donors (Lipinski definition) is 1. The van der Waals surface area contributed by atoms with Crippen molar-refractivity contribution in [2.75, 3.05) is 6.54 Å². The van der Waals surface area contributed by atoms with Gasteiger partial charge in [0, 0.05) is 29.5 Å². The number of nitrogens with one attached hydrogen (secondary N) is 1. The zero-order valence-electron chi connectivity index (χ0n) is 12.6. The summed E-state index contributed by atoms with van der Waals surface area (Å²) < 4.78 is 26.6. The van der Waals surface area contributed by atoms with Gasteiger partial charge in [-0.1, -0.05) is 12.1 Å². The summed E-state index contributed by atoms with van der Waals surface area (Å²) in [4.78, 5) is 16.3. The molecule has 0 bridgehead atoms. The fraction of sp³-hybridized carbons (Fsp3) is 0.111. The minimum atomic E-state index is -0.380. The van der Waals surface area contributed by atoms with Gasteiger partial charge in [0.1, 0.15) is 16.6 Å². The smallest absolute Gasteiger partial charge is 0.251 e. The molecule has 1 N–H and O–H groups in total.